The third-order valence-corrected chi connectivity index (χ3v) is 4.09. The van der Waals surface area contributed by atoms with Gasteiger partial charge in [-0.25, -0.2) is 9.97 Å². The van der Waals surface area contributed by atoms with E-state index in [1.54, 1.807) is 12.1 Å². The summed E-state index contributed by atoms with van der Waals surface area (Å²) in [6.45, 7) is 5.16. The van der Waals surface area contributed by atoms with E-state index < -0.39 is 0 Å². The Morgan fingerprint density at radius 2 is 1.90 bits per heavy atom. The van der Waals surface area contributed by atoms with Gasteiger partial charge in [0.15, 0.2) is 5.82 Å². The van der Waals surface area contributed by atoms with Crippen molar-refractivity contribution in [2.75, 3.05) is 6.54 Å². The first kappa shape index (κ1) is 14.0. The Hall–Kier alpha value is -1.94. The number of nitrogens with zero attached hydrogens (tertiary/aromatic N) is 2. The van der Waals surface area contributed by atoms with Gasteiger partial charge in [-0.3, -0.25) is 0 Å². The lowest BCUT2D eigenvalue weighted by molar-refractivity contribution is 0.408. The smallest absolute Gasteiger partial charge is 0.159 e. The van der Waals surface area contributed by atoms with Crippen LogP contribution >= 0.6 is 0 Å². The average Bonchev–Trinajstić information content (AvgIpc) is 2.47. The molecule has 1 saturated heterocycles. The number of rotatable bonds is 2. The summed E-state index contributed by atoms with van der Waals surface area (Å²) in [5.41, 5.74) is 4.14. The normalized spacial score (nSPS) is 18.7. The molecule has 1 aliphatic rings. The Morgan fingerprint density at radius 3 is 2.52 bits per heavy atom. The molecule has 0 radical (unpaired) electrons. The molecule has 2 heterocycles. The molecule has 1 fully saturated rings. The van der Waals surface area contributed by atoms with Crippen molar-refractivity contribution in [3.05, 3.63) is 41.2 Å². The van der Waals surface area contributed by atoms with Crippen molar-refractivity contribution in [3.8, 4) is 17.1 Å². The molecular formula is C17H21N3O. The van der Waals surface area contributed by atoms with Crippen LogP contribution in [-0.2, 0) is 0 Å². The van der Waals surface area contributed by atoms with E-state index in [2.05, 4.69) is 15.3 Å². The number of nitrogens with one attached hydrogen (secondary N) is 1. The zero-order valence-corrected chi connectivity index (χ0v) is 12.6. The van der Waals surface area contributed by atoms with Crippen molar-refractivity contribution < 1.29 is 5.11 Å². The number of benzene rings is 1. The molecule has 0 saturated carbocycles. The zero-order valence-electron chi connectivity index (χ0n) is 12.6. The summed E-state index contributed by atoms with van der Waals surface area (Å²) >= 11 is 0. The first-order valence-electron chi connectivity index (χ1n) is 7.53. The number of piperidine rings is 1. The average molecular weight is 283 g/mol. The molecule has 0 bridgehead atoms. The highest BCUT2D eigenvalue weighted by molar-refractivity contribution is 5.58. The van der Waals surface area contributed by atoms with Crippen LogP contribution in [0.2, 0.25) is 0 Å². The van der Waals surface area contributed by atoms with Crippen molar-refractivity contribution in [1.82, 2.24) is 15.3 Å². The maximum absolute atomic E-state index is 9.61. The number of aromatic hydroxyl groups is 1. The highest BCUT2D eigenvalue weighted by Gasteiger charge is 2.21. The molecule has 0 aliphatic carbocycles. The topological polar surface area (TPSA) is 58.0 Å². The lowest BCUT2D eigenvalue weighted by Crippen LogP contribution is -2.28. The minimum atomic E-state index is 0.240. The highest BCUT2D eigenvalue weighted by atomic mass is 16.3. The highest BCUT2D eigenvalue weighted by Crippen LogP contribution is 2.29. The van der Waals surface area contributed by atoms with E-state index >= 15 is 0 Å². The summed E-state index contributed by atoms with van der Waals surface area (Å²) in [4.78, 5) is 9.32. The van der Waals surface area contributed by atoms with Gasteiger partial charge in [0.05, 0.1) is 0 Å². The molecule has 4 nitrogen and oxygen atoms in total. The largest absolute Gasteiger partial charge is 0.508 e. The quantitative estimate of drug-likeness (QED) is 0.888. The Labute approximate surface area is 125 Å². The molecule has 1 aliphatic heterocycles. The van der Waals surface area contributed by atoms with Crippen LogP contribution in [-0.4, -0.2) is 21.6 Å². The Balaban J connectivity index is 1.99. The molecule has 2 aromatic rings. The Morgan fingerprint density at radius 1 is 1.14 bits per heavy atom. The first-order chi connectivity index (χ1) is 10.1. The second-order valence-electron chi connectivity index (χ2n) is 5.68. The summed E-state index contributed by atoms with van der Waals surface area (Å²) < 4.78 is 0. The third-order valence-electron chi connectivity index (χ3n) is 4.09. The Kier molecular flexibility index (Phi) is 3.88. The molecule has 0 amide bonds. The summed E-state index contributed by atoms with van der Waals surface area (Å²) in [5.74, 6) is 0.921. The van der Waals surface area contributed by atoms with Crippen molar-refractivity contribution in [2.24, 2.45) is 0 Å². The van der Waals surface area contributed by atoms with Crippen LogP contribution in [0.1, 0.15) is 42.3 Å². The molecular weight excluding hydrogens is 262 g/mol. The van der Waals surface area contributed by atoms with Crippen LogP contribution in [0, 0.1) is 13.8 Å². The first-order valence-corrected chi connectivity index (χ1v) is 7.53. The third kappa shape index (κ3) is 2.90. The van der Waals surface area contributed by atoms with Gasteiger partial charge in [0, 0.05) is 28.6 Å². The molecule has 1 aromatic carbocycles. The fourth-order valence-corrected chi connectivity index (χ4v) is 3.10. The van der Waals surface area contributed by atoms with E-state index in [1.165, 1.54) is 18.4 Å². The number of aryl methyl sites for hydroxylation is 2. The van der Waals surface area contributed by atoms with Crippen molar-refractivity contribution in [2.45, 2.75) is 39.2 Å². The predicted molar refractivity (Wildman–Crippen MR) is 83.2 cm³/mol. The number of hydrogen-bond acceptors (Lipinski definition) is 4. The Bertz CT molecular complexity index is 625. The molecule has 21 heavy (non-hydrogen) atoms. The van der Waals surface area contributed by atoms with Crippen LogP contribution in [0.25, 0.3) is 11.4 Å². The van der Waals surface area contributed by atoms with Crippen LogP contribution in [0.4, 0.5) is 0 Å². The summed E-state index contributed by atoms with van der Waals surface area (Å²) in [7, 11) is 0. The maximum atomic E-state index is 9.61. The van der Waals surface area contributed by atoms with E-state index in [1.807, 2.05) is 26.0 Å². The van der Waals surface area contributed by atoms with Crippen LogP contribution in [0.15, 0.2) is 24.3 Å². The molecule has 110 valence electrons. The number of aromatic nitrogens is 2. The fourth-order valence-electron chi connectivity index (χ4n) is 3.10. The van der Waals surface area contributed by atoms with Crippen LogP contribution in [0.3, 0.4) is 0 Å². The van der Waals surface area contributed by atoms with E-state index in [0.29, 0.717) is 11.9 Å². The second-order valence-corrected chi connectivity index (χ2v) is 5.68. The minimum Gasteiger partial charge on any atom is -0.508 e. The molecule has 1 unspecified atom stereocenters. The van der Waals surface area contributed by atoms with Gasteiger partial charge >= 0.3 is 0 Å². The molecule has 2 N–H and O–H groups in total. The van der Waals surface area contributed by atoms with E-state index in [0.717, 1.165) is 29.9 Å². The lowest BCUT2D eigenvalue weighted by Gasteiger charge is -2.26. The summed E-state index contributed by atoms with van der Waals surface area (Å²) in [5, 5.41) is 13.2. The van der Waals surface area contributed by atoms with Gasteiger partial charge in [-0.2, -0.15) is 0 Å². The van der Waals surface area contributed by atoms with Crippen molar-refractivity contribution in [1.29, 1.82) is 0 Å². The molecule has 1 atom stereocenters. The van der Waals surface area contributed by atoms with Gasteiger partial charge in [0.1, 0.15) is 5.75 Å². The standard InChI is InChI=1S/C17H21N3O/c1-11-16(15-8-3-4-9-18-15)12(2)20-17(19-11)13-6-5-7-14(21)10-13/h5-7,10,15,18,21H,3-4,8-9H2,1-2H3. The maximum Gasteiger partial charge on any atom is 0.159 e. The van der Waals surface area contributed by atoms with Crippen LogP contribution in [0.5, 0.6) is 5.75 Å². The van der Waals surface area contributed by atoms with Gasteiger partial charge < -0.3 is 10.4 Å². The van der Waals surface area contributed by atoms with Gasteiger partial charge in [-0.15, -0.1) is 0 Å². The fraction of sp³-hybridized carbons (Fsp3) is 0.412. The van der Waals surface area contributed by atoms with Gasteiger partial charge in [-0.05, 0) is 45.4 Å². The van der Waals surface area contributed by atoms with Crippen molar-refractivity contribution >= 4 is 0 Å². The number of hydrogen-bond donors (Lipinski definition) is 2. The molecule has 0 spiro atoms. The SMILES string of the molecule is Cc1nc(-c2cccc(O)c2)nc(C)c1C1CCCCN1. The van der Waals surface area contributed by atoms with Gasteiger partial charge in [0.2, 0.25) is 0 Å². The lowest BCUT2D eigenvalue weighted by atomic mass is 9.95. The van der Waals surface area contributed by atoms with Crippen molar-refractivity contribution in [3.63, 3.8) is 0 Å². The van der Waals surface area contributed by atoms with E-state index in [9.17, 15) is 5.11 Å². The monoisotopic (exact) mass is 283 g/mol. The molecule has 3 rings (SSSR count). The van der Waals surface area contributed by atoms with E-state index in [-0.39, 0.29) is 5.75 Å². The predicted octanol–water partition coefficient (Wildman–Crippen LogP) is 3.28. The number of phenolic OH excluding ortho intramolecular Hbond substituents is 1. The number of phenols is 1. The van der Waals surface area contributed by atoms with E-state index in [4.69, 9.17) is 0 Å². The zero-order chi connectivity index (χ0) is 14.8. The van der Waals surface area contributed by atoms with Crippen LogP contribution < -0.4 is 5.32 Å². The van der Waals surface area contributed by atoms with Gasteiger partial charge in [0.25, 0.3) is 0 Å². The second kappa shape index (κ2) is 5.82. The molecule has 4 heteroatoms. The van der Waals surface area contributed by atoms with Gasteiger partial charge in [-0.1, -0.05) is 18.6 Å². The molecule has 1 aromatic heterocycles. The summed E-state index contributed by atoms with van der Waals surface area (Å²) in [6.07, 6.45) is 3.65. The summed E-state index contributed by atoms with van der Waals surface area (Å²) in [6, 6.07) is 7.47. The minimum absolute atomic E-state index is 0.240.